The van der Waals surface area contributed by atoms with Crippen LogP contribution >= 0.6 is 11.6 Å². The topological polar surface area (TPSA) is 61.9 Å². The average Bonchev–Trinajstić information content (AvgIpc) is 3.03. The molecule has 27 heavy (non-hydrogen) atoms. The number of hydrogen-bond acceptors (Lipinski definition) is 3. The monoisotopic (exact) mass is 382 g/mol. The normalized spacial score (nSPS) is 16.1. The maximum atomic E-state index is 14.4. The first-order valence-corrected chi connectivity index (χ1v) is 9.08. The zero-order valence-corrected chi connectivity index (χ0v) is 15.2. The maximum Gasteiger partial charge on any atom is 0.279 e. The van der Waals surface area contributed by atoms with Gasteiger partial charge >= 0.3 is 0 Å². The molecule has 5 nitrogen and oxygen atoms in total. The molecule has 0 radical (unpaired) electrons. The molecule has 0 N–H and O–H groups in total. The Morgan fingerprint density at radius 2 is 2.19 bits per heavy atom. The summed E-state index contributed by atoms with van der Waals surface area (Å²) in [4.78, 5) is 14.3. The second kappa shape index (κ2) is 7.01. The fourth-order valence-corrected chi connectivity index (χ4v) is 3.68. The van der Waals surface area contributed by atoms with Gasteiger partial charge in [-0.3, -0.25) is 4.79 Å². The predicted octanol–water partition coefficient (Wildman–Crippen LogP) is 4.03. The largest absolute Gasteiger partial charge is 0.304 e. The van der Waals surface area contributed by atoms with Gasteiger partial charge in [0.15, 0.2) is 11.5 Å². The SMILES string of the molecule is N#Cc1c2c(nn1CC1=CC=CCC1)C(=O)N(c1cccc(Cl)c1F)CC2. The highest BCUT2D eigenvalue weighted by molar-refractivity contribution is 6.31. The van der Waals surface area contributed by atoms with E-state index >= 15 is 0 Å². The Bertz CT molecular complexity index is 1030. The molecule has 136 valence electrons. The number of carbonyl (C=O) groups excluding carboxylic acids is 1. The van der Waals surface area contributed by atoms with Crippen molar-refractivity contribution in [3.8, 4) is 6.07 Å². The Hall–Kier alpha value is -2.91. The van der Waals surface area contributed by atoms with Crippen LogP contribution in [0.2, 0.25) is 5.02 Å². The summed E-state index contributed by atoms with van der Waals surface area (Å²) in [6.45, 7) is 0.744. The molecule has 0 atom stereocenters. The average molecular weight is 383 g/mol. The van der Waals surface area contributed by atoms with Crippen molar-refractivity contribution < 1.29 is 9.18 Å². The van der Waals surface area contributed by atoms with Crippen LogP contribution in [-0.2, 0) is 13.0 Å². The summed E-state index contributed by atoms with van der Waals surface area (Å²) in [5.41, 5.74) is 2.53. The van der Waals surface area contributed by atoms with Crippen molar-refractivity contribution in [2.75, 3.05) is 11.4 Å². The zero-order chi connectivity index (χ0) is 19.0. The molecule has 7 heteroatoms. The number of carbonyl (C=O) groups is 1. The van der Waals surface area contributed by atoms with Crippen molar-refractivity contribution in [3.63, 3.8) is 0 Å². The first kappa shape index (κ1) is 17.5. The molecule has 1 amide bonds. The van der Waals surface area contributed by atoms with Gasteiger partial charge in [-0.05, 0) is 37.0 Å². The third kappa shape index (κ3) is 3.04. The van der Waals surface area contributed by atoms with Crippen LogP contribution in [0.3, 0.4) is 0 Å². The van der Waals surface area contributed by atoms with Gasteiger partial charge in [-0.1, -0.05) is 35.9 Å². The third-order valence-corrected chi connectivity index (χ3v) is 5.16. The molecule has 0 fully saturated rings. The number of nitrogens with zero attached hydrogens (tertiary/aromatic N) is 4. The summed E-state index contributed by atoms with van der Waals surface area (Å²) < 4.78 is 16.0. The van der Waals surface area contributed by atoms with E-state index in [1.54, 1.807) is 10.7 Å². The Morgan fingerprint density at radius 1 is 1.33 bits per heavy atom. The third-order valence-electron chi connectivity index (χ3n) is 4.86. The first-order chi connectivity index (χ1) is 13.1. The number of nitriles is 1. The second-order valence-corrected chi connectivity index (χ2v) is 6.92. The van der Waals surface area contributed by atoms with Crippen molar-refractivity contribution in [3.05, 3.63) is 69.8 Å². The summed E-state index contributed by atoms with van der Waals surface area (Å²) in [7, 11) is 0. The molecule has 1 aliphatic heterocycles. The molecule has 2 aliphatic rings. The molecular weight excluding hydrogens is 367 g/mol. The van der Waals surface area contributed by atoms with Crippen LogP contribution in [0.15, 0.2) is 42.0 Å². The minimum atomic E-state index is -0.630. The number of fused-ring (bicyclic) bond motifs is 1. The molecule has 4 rings (SSSR count). The lowest BCUT2D eigenvalue weighted by atomic mass is 10.0. The van der Waals surface area contributed by atoms with E-state index in [1.807, 2.05) is 12.2 Å². The van der Waals surface area contributed by atoms with Gasteiger partial charge < -0.3 is 4.90 Å². The van der Waals surface area contributed by atoms with Gasteiger partial charge in [-0.2, -0.15) is 10.4 Å². The van der Waals surface area contributed by atoms with Gasteiger partial charge in [-0.15, -0.1) is 0 Å². The minimum Gasteiger partial charge on any atom is -0.304 e. The molecule has 2 heterocycles. The lowest BCUT2D eigenvalue weighted by Crippen LogP contribution is -2.38. The van der Waals surface area contributed by atoms with E-state index in [0.717, 1.165) is 18.4 Å². The zero-order valence-electron chi connectivity index (χ0n) is 14.5. The molecule has 1 aliphatic carbocycles. The van der Waals surface area contributed by atoms with Crippen molar-refractivity contribution in [2.45, 2.75) is 25.8 Å². The summed E-state index contributed by atoms with van der Waals surface area (Å²) in [6, 6.07) is 6.74. The molecule has 0 saturated carbocycles. The number of hydrogen-bond donors (Lipinski definition) is 0. The van der Waals surface area contributed by atoms with Crippen molar-refractivity contribution in [1.82, 2.24) is 9.78 Å². The lowest BCUT2D eigenvalue weighted by Gasteiger charge is -2.26. The van der Waals surface area contributed by atoms with Crippen LogP contribution in [0, 0.1) is 17.1 Å². The van der Waals surface area contributed by atoms with Gasteiger partial charge in [0.25, 0.3) is 5.91 Å². The number of halogens is 2. The van der Waals surface area contributed by atoms with E-state index in [9.17, 15) is 14.4 Å². The highest BCUT2D eigenvalue weighted by Gasteiger charge is 2.33. The molecular formula is C20H16ClFN4O. The molecule has 0 bridgehead atoms. The summed E-state index contributed by atoms with van der Waals surface area (Å²) >= 11 is 5.85. The number of benzene rings is 1. The molecule has 1 aromatic heterocycles. The first-order valence-electron chi connectivity index (χ1n) is 8.70. The summed E-state index contributed by atoms with van der Waals surface area (Å²) in [6.07, 6.45) is 8.39. The fourth-order valence-electron chi connectivity index (χ4n) is 3.51. The highest BCUT2D eigenvalue weighted by atomic mass is 35.5. The van der Waals surface area contributed by atoms with Crippen LogP contribution < -0.4 is 4.90 Å². The van der Waals surface area contributed by atoms with Gasteiger partial charge in [-0.25, -0.2) is 9.07 Å². The smallest absolute Gasteiger partial charge is 0.279 e. The fraction of sp³-hybridized carbons (Fsp3) is 0.250. The van der Waals surface area contributed by atoms with Crippen LogP contribution in [0.4, 0.5) is 10.1 Å². The van der Waals surface area contributed by atoms with E-state index in [1.165, 1.54) is 17.0 Å². The Balaban J connectivity index is 1.71. The number of amides is 1. The highest BCUT2D eigenvalue weighted by Crippen LogP contribution is 2.31. The second-order valence-electron chi connectivity index (χ2n) is 6.52. The molecule has 1 aromatic carbocycles. The van der Waals surface area contributed by atoms with Gasteiger partial charge in [0.1, 0.15) is 11.8 Å². The lowest BCUT2D eigenvalue weighted by molar-refractivity contribution is 0.0974. The quantitative estimate of drug-likeness (QED) is 0.805. The predicted molar refractivity (Wildman–Crippen MR) is 100 cm³/mol. The number of allylic oxidation sites excluding steroid dienone is 4. The standard InChI is InChI=1S/C20H16ClFN4O/c21-15-7-4-8-16(18(15)22)25-10-9-14-17(11-23)26(24-19(14)20(25)27)12-13-5-2-1-3-6-13/h1-2,4-5,7-8H,3,6,9-10,12H2. The van der Waals surface area contributed by atoms with E-state index < -0.39 is 11.7 Å². The number of rotatable bonds is 3. The van der Waals surface area contributed by atoms with Gasteiger partial charge in [0, 0.05) is 12.1 Å². The van der Waals surface area contributed by atoms with Crippen LogP contribution in [0.1, 0.15) is 34.6 Å². The maximum absolute atomic E-state index is 14.4. The van der Waals surface area contributed by atoms with E-state index in [-0.39, 0.29) is 22.9 Å². The summed E-state index contributed by atoms with van der Waals surface area (Å²) in [5, 5.41) is 14.0. The van der Waals surface area contributed by atoms with Crippen molar-refractivity contribution in [1.29, 1.82) is 5.26 Å². The molecule has 0 saturated heterocycles. The number of aromatic nitrogens is 2. The Labute approximate surface area is 161 Å². The number of anilines is 1. The van der Waals surface area contributed by atoms with Crippen LogP contribution in [-0.4, -0.2) is 22.2 Å². The van der Waals surface area contributed by atoms with Crippen LogP contribution in [0.5, 0.6) is 0 Å². The molecule has 0 unspecified atom stereocenters. The molecule has 2 aromatic rings. The van der Waals surface area contributed by atoms with Crippen LogP contribution in [0.25, 0.3) is 0 Å². The van der Waals surface area contributed by atoms with Crippen molar-refractivity contribution in [2.24, 2.45) is 0 Å². The van der Waals surface area contributed by atoms with E-state index in [2.05, 4.69) is 17.2 Å². The van der Waals surface area contributed by atoms with Gasteiger partial charge in [0.2, 0.25) is 0 Å². The minimum absolute atomic E-state index is 0.0355. The van der Waals surface area contributed by atoms with Crippen molar-refractivity contribution >= 4 is 23.2 Å². The van der Waals surface area contributed by atoms with E-state index in [0.29, 0.717) is 24.2 Å². The van der Waals surface area contributed by atoms with Gasteiger partial charge in [0.05, 0.1) is 17.3 Å². The summed E-state index contributed by atoms with van der Waals surface area (Å²) in [5.74, 6) is -1.04. The molecule has 0 spiro atoms. The van der Waals surface area contributed by atoms with E-state index in [4.69, 9.17) is 11.6 Å². The Morgan fingerprint density at radius 3 is 2.93 bits per heavy atom. The Kier molecular flexibility index (Phi) is 4.54.